The Hall–Kier alpha value is -2.43. The van der Waals surface area contributed by atoms with Gasteiger partial charge in [0.25, 0.3) is 5.69 Å². The fraction of sp³-hybridized carbons (Fsp3) is 0.214. The zero-order chi connectivity index (χ0) is 14.3. The van der Waals surface area contributed by atoms with Gasteiger partial charge in [-0.05, 0) is 31.5 Å². The second-order valence-electron chi connectivity index (χ2n) is 4.23. The average molecular weight is 260 g/mol. The highest BCUT2D eigenvalue weighted by Gasteiger charge is 2.01. The van der Waals surface area contributed by atoms with Crippen LogP contribution in [0.5, 0.6) is 0 Å². The molecule has 0 aliphatic rings. The fourth-order valence-electron chi connectivity index (χ4n) is 1.35. The second kappa shape index (κ2) is 7.10. The predicted molar refractivity (Wildman–Crippen MR) is 74.5 cm³/mol. The second-order valence-corrected chi connectivity index (χ2v) is 4.23. The predicted octanol–water partition coefficient (Wildman–Crippen LogP) is 2.69. The molecule has 1 amide bonds. The van der Waals surface area contributed by atoms with Crippen LogP contribution in [0.1, 0.15) is 19.4 Å². The highest BCUT2D eigenvalue weighted by molar-refractivity contribution is 5.88. The molecule has 100 valence electrons. The Balaban J connectivity index is 2.55. The molecule has 0 aromatic heterocycles. The van der Waals surface area contributed by atoms with Crippen molar-refractivity contribution in [2.75, 3.05) is 0 Å². The van der Waals surface area contributed by atoms with Gasteiger partial charge >= 0.3 is 0 Å². The fourth-order valence-corrected chi connectivity index (χ4v) is 1.35. The zero-order valence-electron chi connectivity index (χ0n) is 10.9. The molecule has 0 fully saturated rings. The van der Waals surface area contributed by atoms with E-state index in [-0.39, 0.29) is 17.6 Å². The summed E-state index contributed by atoms with van der Waals surface area (Å²) in [6, 6.07) is 6.28. The molecule has 5 heteroatoms. The van der Waals surface area contributed by atoms with Crippen LogP contribution in [-0.2, 0) is 4.79 Å². The number of benzene rings is 1. The summed E-state index contributed by atoms with van der Waals surface area (Å²) in [5.41, 5.74) is 0.892. The van der Waals surface area contributed by atoms with E-state index in [1.54, 1.807) is 30.4 Å². The standard InChI is InChI=1S/C14H16N2O3/c1-11(2)15-14(17)6-4-3-5-12-7-9-13(10-8-12)16(18)19/h3-11H,1-2H3,(H,15,17)/b5-3+,6-4+. The Morgan fingerprint density at radius 1 is 1.26 bits per heavy atom. The number of hydrogen-bond donors (Lipinski definition) is 1. The highest BCUT2D eigenvalue weighted by Crippen LogP contribution is 2.12. The van der Waals surface area contributed by atoms with E-state index in [0.717, 1.165) is 5.56 Å². The Labute approximate surface area is 111 Å². The molecular formula is C14H16N2O3. The third kappa shape index (κ3) is 5.63. The summed E-state index contributed by atoms with van der Waals surface area (Å²) < 4.78 is 0. The summed E-state index contributed by atoms with van der Waals surface area (Å²) in [6.07, 6.45) is 6.53. The number of rotatable bonds is 5. The van der Waals surface area contributed by atoms with E-state index < -0.39 is 4.92 Å². The highest BCUT2D eigenvalue weighted by atomic mass is 16.6. The van der Waals surface area contributed by atoms with Crippen LogP contribution in [0.2, 0.25) is 0 Å². The molecule has 0 saturated heterocycles. The van der Waals surface area contributed by atoms with Gasteiger partial charge in [0.15, 0.2) is 0 Å². The van der Waals surface area contributed by atoms with Gasteiger partial charge in [0.05, 0.1) is 4.92 Å². The lowest BCUT2D eigenvalue weighted by atomic mass is 10.2. The maximum absolute atomic E-state index is 11.3. The normalized spacial score (nSPS) is 11.3. The van der Waals surface area contributed by atoms with Gasteiger partial charge in [-0.15, -0.1) is 0 Å². The molecule has 1 rings (SSSR count). The van der Waals surface area contributed by atoms with Gasteiger partial charge in [0.1, 0.15) is 0 Å². The molecule has 0 atom stereocenters. The van der Waals surface area contributed by atoms with Crippen molar-refractivity contribution >= 4 is 17.7 Å². The Kier molecular flexibility index (Phi) is 5.47. The van der Waals surface area contributed by atoms with Crippen molar-refractivity contribution < 1.29 is 9.72 Å². The van der Waals surface area contributed by atoms with Gasteiger partial charge in [-0.25, -0.2) is 0 Å². The monoisotopic (exact) mass is 260 g/mol. The summed E-state index contributed by atoms with van der Waals surface area (Å²) in [7, 11) is 0. The van der Waals surface area contributed by atoms with Crippen molar-refractivity contribution in [1.82, 2.24) is 5.32 Å². The van der Waals surface area contributed by atoms with Gasteiger partial charge in [-0.1, -0.05) is 18.2 Å². The number of nitrogens with zero attached hydrogens (tertiary/aromatic N) is 1. The lowest BCUT2D eigenvalue weighted by Crippen LogP contribution is -2.28. The van der Waals surface area contributed by atoms with Gasteiger partial charge in [-0.3, -0.25) is 14.9 Å². The topological polar surface area (TPSA) is 72.2 Å². The van der Waals surface area contributed by atoms with Gasteiger partial charge in [0, 0.05) is 24.3 Å². The number of nitro benzene ring substituents is 1. The molecule has 0 unspecified atom stereocenters. The van der Waals surface area contributed by atoms with Crippen LogP contribution in [-0.4, -0.2) is 16.9 Å². The Morgan fingerprint density at radius 3 is 2.42 bits per heavy atom. The van der Waals surface area contributed by atoms with Crippen molar-refractivity contribution in [3.05, 3.63) is 58.2 Å². The van der Waals surface area contributed by atoms with E-state index in [1.807, 2.05) is 13.8 Å². The van der Waals surface area contributed by atoms with Crippen LogP contribution < -0.4 is 5.32 Å². The van der Waals surface area contributed by atoms with Crippen LogP contribution in [0.4, 0.5) is 5.69 Å². The van der Waals surface area contributed by atoms with E-state index in [2.05, 4.69) is 5.32 Å². The Bertz CT molecular complexity index is 502. The van der Waals surface area contributed by atoms with Crippen LogP contribution in [0.15, 0.2) is 42.5 Å². The number of nitrogens with one attached hydrogen (secondary N) is 1. The molecule has 0 aliphatic heterocycles. The average Bonchev–Trinajstić information content (AvgIpc) is 2.34. The minimum Gasteiger partial charge on any atom is -0.350 e. The molecule has 0 radical (unpaired) electrons. The molecule has 0 aliphatic carbocycles. The summed E-state index contributed by atoms with van der Waals surface area (Å²) >= 11 is 0. The first-order valence-electron chi connectivity index (χ1n) is 5.88. The van der Waals surface area contributed by atoms with Crippen molar-refractivity contribution in [3.8, 4) is 0 Å². The first kappa shape index (κ1) is 14.6. The van der Waals surface area contributed by atoms with Crippen LogP contribution >= 0.6 is 0 Å². The summed E-state index contributed by atoms with van der Waals surface area (Å²) in [5, 5.41) is 13.2. The molecule has 5 nitrogen and oxygen atoms in total. The number of carbonyl (C=O) groups excluding carboxylic acids is 1. The third-order valence-corrected chi connectivity index (χ3v) is 2.18. The van der Waals surface area contributed by atoms with Gasteiger partial charge < -0.3 is 5.32 Å². The van der Waals surface area contributed by atoms with Crippen LogP contribution in [0.25, 0.3) is 6.08 Å². The number of nitro groups is 1. The molecule has 0 saturated carbocycles. The van der Waals surface area contributed by atoms with E-state index >= 15 is 0 Å². The smallest absolute Gasteiger partial charge is 0.269 e. The van der Waals surface area contributed by atoms with Gasteiger partial charge in [-0.2, -0.15) is 0 Å². The van der Waals surface area contributed by atoms with Crippen LogP contribution in [0.3, 0.4) is 0 Å². The molecule has 19 heavy (non-hydrogen) atoms. The lowest BCUT2D eigenvalue weighted by Gasteiger charge is -2.03. The quantitative estimate of drug-likeness (QED) is 0.383. The molecule has 0 spiro atoms. The van der Waals surface area contributed by atoms with E-state index in [0.29, 0.717) is 0 Å². The molecule has 1 aromatic carbocycles. The van der Waals surface area contributed by atoms with Crippen molar-refractivity contribution in [3.63, 3.8) is 0 Å². The van der Waals surface area contributed by atoms with E-state index in [4.69, 9.17) is 0 Å². The number of non-ortho nitro benzene ring substituents is 1. The number of carbonyl (C=O) groups is 1. The zero-order valence-corrected chi connectivity index (χ0v) is 10.9. The SMILES string of the molecule is CC(C)NC(=O)/C=C/C=C/c1ccc([N+](=O)[O-])cc1. The first-order valence-corrected chi connectivity index (χ1v) is 5.88. The number of allylic oxidation sites excluding steroid dienone is 2. The molecule has 0 bridgehead atoms. The summed E-state index contributed by atoms with van der Waals surface area (Å²) in [6.45, 7) is 3.77. The number of amides is 1. The molecule has 1 aromatic rings. The van der Waals surface area contributed by atoms with Crippen molar-refractivity contribution in [1.29, 1.82) is 0 Å². The first-order chi connectivity index (χ1) is 8.99. The van der Waals surface area contributed by atoms with E-state index in [1.165, 1.54) is 18.2 Å². The minimum atomic E-state index is -0.441. The van der Waals surface area contributed by atoms with Gasteiger partial charge in [0.2, 0.25) is 5.91 Å². The summed E-state index contributed by atoms with van der Waals surface area (Å²) in [5.74, 6) is -0.150. The van der Waals surface area contributed by atoms with Crippen LogP contribution in [0, 0.1) is 10.1 Å². The molecule has 0 heterocycles. The summed E-state index contributed by atoms with van der Waals surface area (Å²) in [4.78, 5) is 21.3. The van der Waals surface area contributed by atoms with E-state index in [9.17, 15) is 14.9 Å². The Morgan fingerprint density at radius 2 is 1.89 bits per heavy atom. The van der Waals surface area contributed by atoms with Crippen molar-refractivity contribution in [2.45, 2.75) is 19.9 Å². The molecule has 1 N–H and O–H groups in total. The maximum Gasteiger partial charge on any atom is 0.269 e. The maximum atomic E-state index is 11.3. The van der Waals surface area contributed by atoms with Crippen molar-refractivity contribution in [2.24, 2.45) is 0 Å². The minimum absolute atomic E-state index is 0.0593. The number of hydrogen-bond acceptors (Lipinski definition) is 3. The molecular weight excluding hydrogens is 244 g/mol. The largest absolute Gasteiger partial charge is 0.350 e. The lowest BCUT2D eigenvalue weighted by molar-refractivity contribution is -0.384. The third-order valence-electron chi connectivity index (χ3n) is 2.18.